The molecule has 35 heavy (non-hydrogen) atoms. The Balaban J connectivity index is 0.00000289. The van der Waals surface area contributed by atoms with Crippen LogP contribution < -0.4 is 0 Å². The highest BCUT2D eigenvalue weighted by Crippen LogP contribution is 2.44. The van der Waals surface area contributed by atoms with Crippen LogP contribution in [-0.2, 0) is 17.2 Å². The number of aromatic amines is 1. The predicted octanol–water partition coefficient (Wildman–Crippen LogP) is 7.76. The van der Waals surface area contributed by atoms with Crippen LogP contribution >= 0.6 is 12.4 Å². The summed E-state index contributed by atoms with van der Waals surface area (Å²) in [5.74, 6) is -0.0511. The lowest BCUT2D eigenvalue weighted by molar-refractivity contribution is -0.137. The van der Waals surface area contributed by atoms with Crippen molar-refractivity contribution in [2.75, 3.05) is 0 Å². The van der Waals surface area contributed by atoms with Crippen molar-refractivity contribution in [3.05, 3.63) is 53.3 Å². The molecule has 1 unspecified atom stereocenters. The smallest absolute Gasteiger partial charge is 0.388 e. The number of rotatable bonds is 2. The van der Waals surface area contributed by atoms with Crippen LogP contribution in [0.1, 0.15) is 56.0 Å². The number of halogens is 7. The van der Waals surface area contributed by atoms with E-state index in [0.29, 0.717) is 5.71 Å². The molecular formula is C24H22ClF6N3O. The summed E-state index contributed by atoms with van der Waals surface area (Å²) in [5.41, 5.74) is -3.12. The minimum absolute atomic E-state index is 0. The Bertz CT molecular complexity index is 1270. The number of nitrogens with one attached hydrogen (secondary N) is 1. The highest BCUT2D eigenvalue weighted by Gasteiger charge is 2.48. The maximum Gasteiger partial charge on any atom is 0.418 e. The van der Waals surface area contributed by atoms with Crippen molar-refractivity contribution in [2.45, 2.75) is 57.0 Å². The summed E-state index contributed by atoms with van der Waals surface area (Å²) in [6, 6.07) is 6.55. The molecular weight excluding hydrogens is 496 g/mol. The minimum Gasteiger partial charge on any atom is -0.388 e. The Kier molecular flexibility index (Phi) is 6.32. The number of hydrogen-bond donors (Lipinski definition) is 1. The quantitative estimate of drug-likeness (QED) is 0.353. The van der Waals surface area contributed by atoms with E-state index in [-0.39, 0.29) is 46.3 Å². The number of alkyl halides is 6. The number of fused-ring (bicyclic) bond motifs is 1. The zero-order valence-corrected chi connectivity index (χ0v) is 19.4. The van der Waals surface area contributed by atoms with Crippen molar-refractivity contribution in [2.24, 2.45) is 11.1 Å². The Morgan fingerprint density at radius 3 is 2.26 bits per heavy atom. The Morgan fingerprint density at radius 2 is 1.60 bits per heavy atom. The van der Waals surface area contributed by atoms with Gasteiger partial charge in [0.15, 0.2) is 5.82 Å². The second-order valence-corrected chi connectivity index (χ2v) is 8.96. The lowest BCUT2D eigenvalue weighted by Crippen LogP contribution is -2.39. The third-order valence-electron chi connectivity index (χ3n) is 6.90. The van der Waals surface area contributed by atoms with E-state index in [1.165, 1.54) is 18.2 Å². The van der Waals surface area contributed by atoms with Gasteiger partial charge in [-0.2, -0.15) is 26.3 Å². The summed E-state index contributed by atoms with van der Waals surface area (Å²) in [6.45, 7) is 1.92. The molecule has 0 saturated heterocycles. The lowest BCUT2D eigenvalue weighted by atomic mass is 9.75. The van der Waals surface area contributed by atoms with E-state index in [4.69, 9.17) is 4.84 Å². The number of H-pyrrole nitrogens is 1. The van der Waals surface area contributed by atoms with Crippen molar-refractivity contribution >= 4 is 29.2 Å². The van der Waals surface area contributed by atoms with Crippen LogP contribution in [0.2, 0.25) is 0 Å². The molecule has 2 aliphatic rings. The molecule has 188 valence electrons. The summed E-state index contributed by atoms with van der Waals surface area (Å²) in [4.78, 5) is 12.8. The molecule has 1 aromatic heterocycles. The van der Waals surface area contributed by atoms with Crippen LogP contribution in [0.15, 0.2) is 41.6 Å². The summed E-state index contributed by atoms with van der Waals surface area (Å²) >= 11 is 0. The molecule has 0 amide bonds. The number of oxime groups is 1. The van der Waals surface area contributed by atoms with Crippen LogP contribution in [0.3, 0.4) is 0 Å². The SMILES string of the molecule is CC1C(c2nc3c(C(F)(F)F)cc(-c4ccccc4C(F)(F)F)cc3[nH]2)=NOC12CCCCC2.Cl. The van der Waals surface area contributed by atoms with Crippen LogP contribution in [0.5, 0.6) is 0 Å². The van der Waals surface area contributed by atoms with Gasteiger partial charge in [0.25, 0.3) is 0 Å². The molecule has 2 heterocycles. The fourth-order valence-corrected chi connectivity index (χ4v) is 5.06. The summed E-state index contributed by atoms with van der Waals surface area (Å²) in [5, 5.41) is 4.17. The van der Waals surface area contributed by atoms with Crippen molar-refractivity contribution in [1.82, 2.24) is 9.97 Å². The molecule has 0 radical (unpaired) electrons. The van der Waals surface area contributed by atoms with Gasteiger partial charge < -0.3 is 9.82 Å². The van der Waals surface area contributed by atoms with E-state index < -0.39 is 29.1 Å². The topological polar surface area (TPSA) is 50.3 Å². The average Bonchev–Trinajstić information content (AvgIpc) is 3.33. The lowest BCUT2D eigenvalue weighted by Gasteiger charge is -2.34. The maximum atomic E-state index is 14.0. The van der Waals surface area contributed by atoms with Gasteiger partial charge >= 0.3 is 12.4 Å². The van der Waals surface area contributed by atoms with Crippen molar-refractivity contribution in [3.8, 4) is 11.1 Å². The molecule has 1 fully saturated rings. The first-order chi connectivity index (χ1) is 16.0. The van der Waals surface area contributed by atoms with E-state index in [2.05, 4.69) is 15.1 Å². The third kappa shape index (κ3) is 4.37. The largest absolute Gasteiger partial charge is 0.418 e. The van der Waals surface area contributed by atoms with Gasteiger partial charge in [-0.15, -0.1) is 12.4 Å². The number of hydrogen-bond acceptors (Lipinski definition) is 3. The molecule has 1 N–H and O–H groups in total. The standard InChI is InChI=1S/C24H21F6N3O.ClH/c1-13-19(33-34-22(13)9-5-2-6-10-22)21-31-18-12-14(11-17(20(18)32-21)24(28,29)30)15-7-3-4-8-16(15)23(25,26)27;/h3-4,7-8,11-13H,2,5-6,9-10H2,1H3,(H,31,32);1H. The molecule has 4 nitrogen and oxygen atoms in total. The molecule has 1 spiro atoms. The van der Waals surface area contributed by atoms with Gasteiger partial charge in [-0.1, -0.05) is 36.7 Å². The van der Waals surface area contributed by atoms with Crippen LogP contribution in [0, 0.1) is 5.92 Å². The van der Waals surface area contributed by atoms with E-state index in [9.17, 15) is 26.3 Å². The molecule has 1 aliphatic heterocycles. The molecule has 11 heteroatoms. The fourth-order valence-electron chi connectivity index (χ4n) is 5.06. The molecule has 5 rings (SSSR count). The molecule has 1 aliphatic carbocycles. The average molecular weight is 518 g/mol. The monoisotopic (exact) mass is 517 g/mol. The summed E-state index contributed by atoms with van der Waals surface area (Å²) in [7, 11) is 0. The molecule has 1 atom stereocenters. The molecule has 0 bridgehead atoms. The first kappa shape index (κ1) is 25.3. The second-order valence-electron chi connectivity index (χ2n) is 8.96. The maximum absolute atomic E-state index is 14.0. The zero-order valence-electron chi connectivity index (χ0n) is 18.6. The van der Waals surface area contributed by atoms with E-state index in [1.807, 2.05) is 6.92 Å². The van der Waals surface area contributed by atoms with E-state index in [0.717, 1.165) is 50.3 Å². The van der Waals surface area contributed by atoms with E-state index >= 15 is 0 Å². The first-order valence-corrected chi connectivity index (χ1v) is 11.0. The van der Waals surface area contributed by atoms with Gasteiger partial charge in [0.05, 0.1) is 16.6 Å². The highest BCUT2D eigenvalue weighted by molar-refractivity contribution is 6.03. The minimum atomic E-state index is -4.82. The van der Waals surface area contributed by atoms with Gasteiger partial charge in [-0.05, 0) is 55.0 Å². The van der Waals surface area contributed by atoms with Gasteiger partial charge in [0.2, 0.25) is 0 Å². The number of nitrogens with zero attached hydrogens (tertiary/aromatic N) is 2. The first-order valence-electron chi connectivity index (χ1n) is 11.0. The second kappa shape index (κ2) is 8.72. The van der Waals surface area contributed by atoms with Crippen molar-refractivity contribution in [3.63, 3.8) is 0 Å². The Morgan fingerprint density at radius 1 is 0.943 bits per heavy atom. The number of aromatic nitrogens is 2. The number of imidazole rings is 1. The highest BCUT2D eigenvalue weighted by atomic mass is 35.5. The van der Waals surface area contributed by atoms with Crippen LogP contribution in [0.25, 0.3) is 22.2 Å². The molecule has 1 saturated carbocycles. The number of benzene rings is 2. The third-order valence-corrected chi connectivity index (χ3v) is 6.90. The molecule has 3 aromatic rings. The van der Waals surface area contributed by atoms with Crippen LogP contribution in [-0.4, -0.2) is 21.3 Å². The van der Waals surface area contributed by atoms with Gasteiger partial charge in [0, 0.05) is 5.92 Å². The van der Waals surface area contributed by atoms with Crippen molar-refractivity contribution in [1.29, 1.82) is 0 Å². The van der Waals surface area contributed by atoms with Crippen LogP contribution in [0.4, 0.5) is 26.3 Å². The van der Waals surface area contributed by atoms with Gasteiger partial charge in [-0.25, -0.2) is 4.98 Å². The van der Waals surface area contributed by atoms with Gasteiger partial charge in [-0.3, -0.25) is 0 Å². The fraction of sp³-hybridized carbons (Fsp3) is 0.417. The Labute approximate surface area is 203 Å². The predicted molar refractivity (Wildman–Crippen MR) is 121 cm³/mol. The van der Waals surface area contributed by atoms with Crippen molar-refractivity contribution < 1.29 is 31.2 Å². The zero-order chi connectivity index (χ0) is 24.3. The molecule has 2 aromatic carbocycles. The normalized spacial score (nSPS) is 20.0. The van der Waals surface area contributed by atoms with E-state index in [1.54, 1.807) is 0 Å². The van der Waals surface area contributed by atoms with Gasteiger partial charge in [0.1, 0.15) is 16.8 Å². The Hall–Kier alpha value is -2.75. The summed E-state index contributed by atoms with van der Waals surface area (Å²) < 4.78 is 82.5. The summed E-state index contributed by atoms with van der Waals surface area (Å²) in [6.07, 6.45) is -4.89.